The van der Waals surface area contributed by atoms with Crippen molar-refractivity contribution in [1.29, 1.82) is 0 Å². The molecule has 1 aliphatic heterocycles. The Kier molecular flexibility index (Phi) is 4.13. The van der Waals surface area contributed by atoms with Crippen molar-refractivity contribution in [1.82, 2.24) is 5.32 Å². The predicted molar refractivity (Wildman–Crippen MR) is 72.9 cm³/mol. The number of hydrogen-bond acceptors (Lipinski definition) is 4. The van der Waals surface area contributed by atoms with Crippen molar-refractivity contribution in [2.45, 2.75) is 24.9 Å². The minimum Gasteiger partial charge on any atom is -0.468 e. The number of nitrogens with one attached hydrogen (secondary N) is 1. The molecule has 0 aliphatic carbocycles. The van der Waals surface area contributed by atoms with Gasteiger partial charge in [-0.3, -0.25) is 10.1 Å². The molecule has 0 radical (unpaired) electrons. The molecule has 1 aromatic carbocycles. The number of carbonyl (C=O) groups is 1. The van der Waals surface area contributed by atoms with E-state index in [0.29, 0.717) is 11.4 Å². The molecule has 0 spiro atoms. The van der Waals surface area contributed by atoms with Gasteiger partial charge in [0.05, 0.1) is 7.11 Å². The van der Waals surface area contributed by atoms with Crippen LogP contribution in [-0.4, -0.2) is 30.3 Å². The van der Waals surface area contributed by atoms with Crippen LogP contribution in [0, 0.1) is 5.92 Å². The van der Waals surface area contributed by atoms with E-state index in [-0.39, 0.29) is 24.5 Å². The van der Waals surface area contributed by atoms with E-state index in [0.717, 1.165) is 5.56 Å². The van der Waals surface area contributed by atoms with Gasteiger partial charge < -0.3 is 9.84 Å². The van der Waals surface area contributed by atoms with Gasteiger partial charge in [-0.15, -0.1) is 0 Å². The van der Waals surface area contributed by atoms with Crippen molar-refractivity contribution in [3.05, 3.63) is 34.9 Å². The van der Waals surface area contributed by atoms with Gasteiger partial charge in [-0.1, -0.05) is 23.7 Å². The molecule has 0 unspecified atom stereocenters. The maximum Gasteiger partial charge on any atom is 0.325 e. The SMILES string of the molecule is COC(=O)[C@]1(C)C[C@H](CO)[C@H](c2cccc(Cl)c2)N1. The third kappa shape index (κ3) is 2.76. The van der Waals surface area contributed by atoms with Crippen LogP contribution in [0.25, 0.3) is 0 Å². The monoisotopic (exact) mass is 283 g/mol. The lowest BCUT2D eigenvalue weighted by molar-refractivity contribution is -0.147. The number of aliphatic hydroxyl groups is 1. The topological polar surface area (TPSA) is 58.6 Å². The molecule has 4 nitrogen and oxygen atoms in total. The lowest BCUT2D eigenvalue weighted by atomic mass is 9.91. The smallest absolute Gasteiger partial charge is 0.325 e. The number of hydrogen-bond donors (Lipinski definition) is 2. The molecule has 1 saturated heterocycles. The predicted octanol–water partition coefficient (Wildman–Crippen LogP) is 1.91. The highest BCUT2D eigenvalue weighted by molar-refractivity contribution is 6.30. The van der Waals surface area contributed by atoms with E-state index in [4.69, 9.17) is 16.3 Å². The van der Waals surface area contributed by atoms with Crippen LogP contribution in [0.4, 0.5) is 0 Å². The van der Waals surface area contributed by atoms with Gasteiger partial charge in [0.2, 0.25) is 0 Å². The van der Waals surface area contributed by atoms with Gasteiger partial charge >= 0.3 is 5.97 Å². The van der Waals surface area contributed by atoms with Crippen LogP contribution in [0.2, 0.25) is 5.02 Å². The molecular weight excluding hydrogens is 266 g/mol. The van der Waals surface area contributed by atoms with Crippen molar-refractivity contribution in [2.75, 3.05) is 13.7 Å². The van der Waals surface area contributed by atoms with Crippen LogP contribution in [0.1, 0.15) is 24.9 Å². The fourth-order valence-electron chi connectivity index (χ4n) is 2.76. The van der Waals surface area contributed by atoms with Crippen molar-refractivity contribution >= 4 is 17.6 Å². The number of rotatable bonds is 3. The summed E-state index contributed by atoms with van der Waals surface area (Å²) in [7, 11) is 1.37. The first-order valence-electron chi connectivity index (χ1n) is 6.22. The molecule has 2 N–H and O–H groups in total. The van der Waals surface area contributed by atoms with Gasteiger partial charge in [-0.25, -0.2) is 0 Å². The van der Waals surface area contributed by atoms with E-state index in [9.17, 15) is 9.90 Å². The Hall–Kier alpha value is -1.10. The first-order chi connectivity index (χ1) is 9.00. The summed E-state index contributed by atoms with van der Waals surface area (Å²) in [5.41, 5.74) is 0.203. The van der Waals surface area contributed by atoms with Crippen LogP contribution in [0.5, 0.6) is 0 Å². The molecule has 3 atom stereocenters. The first-order valence-corrected chi connectivity index (χ1v) is 6.60. The Bertz CT molecular complexity index is 480. The summed E-state index contributed by atoms with van der Waals surface area (Å²) in [6, 6.07) is 7.35. The Balaban J connectivity index is 2.28. The number of aliphatic hydroxyl groups excluding tert-OH is 1. The molecule has 1 fully saturated rings. The first kappa shape index (κ1) is 14.3. The lowest BCUT2D eigenvalue weighted by Crippen LogP contribution is -2.45. The molecule has 19 heavy (non-hydrogen) atoms. The average Bonchev–Trinajstić information content (AvgIpc) is 2.76. The van der Waals surface area contributed by atoms with Crippen molar-refractivity contribution in [2.24, 2.45) is 5.92 Å². The van der Waals surface area contributed by atoms with Crippen LogP contribution in [0.3, 0.4) is 0 Å². The molecule has 0 saturated carbocycles. The van der Waals surface area contributed by atoms with Crippen LogP contribution in [-0.2, 0) is 9.53 Å². The highest BCUT2D eigenvalue weighted by Crippen LogP contribution is 2.38. The number of halogens is 1. The van der Waals surface area contributed by atoms with Crippen LogP contribution in [0.15, 0.2) is 24.3 Å². The zero-order valence-corrected chi connectivity index (χ0v) is 11.8. The zero-order valence-electron chi connectivity index (χ0n) is 11.0. The second-order valence-corrected chi connectivity index (χ2v) is 5.58. The van der Waals surface area contributed by atoms with E-state index in [1.165, 1.54) is 7.11 Å². The number of carbonyl (C=O) groups excluding carboxylic acids is 1. The minimum absolute atomic E-state index is 0.0107. The Labute approximate surface area is 117 Å². The molecule has 1 heterocycles. The maximum atomic E-state index is 11.8. The summed E-state index contributed by atoms with van der Waals surface area (Å²) >= 11 is 5.99. The summed E-state index contributed by atoms with van der Waals surface area (Å²) in [6.45, 7) is 1.81. The van der Waals surface area contributed by atoms with Gasteiger partial charge in [-0.2, -0.15) is 0 Å². The van der Waals surface area contributed by atoms with Gasteiger partial charge in [-0.05, 0) is 31.0 Å². The molecule has 1 aliphatic rings. The van der Waals surface area contributed by atoms with E-state index in [1.807, 2.05) is 18.2 Å². The fraction of sp³-hybridized carbons (Fsp3) is 0.500. The standard InChI is InChI=1S/C14H18ClNO3/c1-14(13(18)19-2)7-10(8-17)12(16-14)9-4-3-5-11(15)6-9/h3-6,10,12,16-17H,7-8H2,1-2H3/t10-,12+,14+/m1/s1. The summed E-state index contributed by atoms with van der Waals surface area (Å²) in [4.78, 5) is 11.8. The largest absolute Gasteiger partial charge is 0.468 e. The highest BCUT2D eigenvalue weighted by atomic mass is 35.5. The Morgan fingerprint density at radius 3 is 2.95 bits per heavy atom. The lowest BCUT2D eigenvalue weighted by Gasteiger charge is -2.23. The summed E-state index contributed by atoms with van der Waals surface area (Å²) in [5.74, 6) is -0.349. The van der Waals surface area contributed by atoms with E-state index >= 15 is 0 Å². The van der Waals surface area contributed by atoms with E-state index < -0.39 is 5.54 Å². The summed E-state index contributed by atoms with van der Waals surface area (Å²) in [6.07, 6.45) is 0.535. The molecule has 0 aromatic heterocycles. The van der Waals surface area contributed by atoms with Gasteiger partial charge in [0.25, 0.3) is 0 Å². The number of ether oxygens (including phenoxy) is 1. The molecule has 0 amide bonds. The number of benzene rings is 1. The van der Waals surface area contributed by atoms with E-state index in [1.54, 1.807) is 13.0 Å². The van der Waals surface area contributed by atoms with Crippen LogP contribution < -0.4 is 5.32 Å². The second kappa shape index (κ2) is 5.49. The van der Waals surface area contributed by atoms with E-state index in [2.05, 4.69) is 5.32 Å². The molecule has 0 bridgehead atoms. The molecule has 104 valence electrons. The second-order valence-electron chi connectivity index (χ2n) is 5.15. The third-order valence-electron chi connectivity index (χ3n) is 3.69. The fourth-order valence-corrected chi connectivity index (χ4v) is 2.95. The maximum absolute atomic E-state index is 11.8. The molecule has 5 heteroatoms. The van der Waals surface area contributed by atoms with Gasteiger partial charge in [0.1, 0.15) is 5.54 Å². The average molecular weight is 284 g/mol. The van der Waals surface area contributed by atoms with Crippen molar-refractivity contribution in [3.63, 3.8) is 0 Å². The molecule has 2 rings (SSSR count). The minimum atomic E-state index is -0.769. The molecular formula is C14H18ClNO3. The van der Waals surface area contributed by atoms with Crippen LogP contribution >= 0.6 is 11.6 Å². The summed E-state index contributed by atoms with van der Waals surface area (Å²) < 4.78 is 4.83. The van der Waals surface area contributed by atoms with Gasteiger partial charge in [0.15, 0.2) is 0 Å². The third-order valence-corrected chi connectivity index (χ3v) is 3.93. The number of esters is 1. The normalized spacial score (nSPS) is 30.3. The molecule has 1 aromatic rings. The Morgan fingerprint density at radius 1 is 1.63 bits per heavy atom. The number of methoxy groups -OCH3 is 1. The van der Waals surface area contributed by atoms with Crippen molar-refractivity contribution in [3.8, 4) is 0 Å². The zero-order chi connectivity index (χ0) is 14.0. The van der Waals surface area contributed by atoms with Gasteiger partial charge in [0, 0.05) is 23.6 Å². The quantitative estimate of drug-likeness (QED) is 0.832. The Morgan fingerprint density at radius 2 is 2.37 bits per heavy atom. The highest BCUT2D eigenvalue weighted by Gasteiger charge is 2.47. The summed E-state index contributed by atoms with van der Waals surface area (Å²) in [5, 5.41) is 13.4. The van der Waals surface area contributed by atoms with Crippen molar-refractivity contribution < 1.29 is 14.6 Å².